The fourth-order valence-electron chi connectivity index (χ4n) is 2.14. The topological polar surface area (TPSA) is 41.5 Å². The normalized spacial score (nSPS) is 20.6. The Labute approximate surface area is 113 Å². The Balaban J connectivity index is 1.87. The van der Waals surface area contributed by atoms with E-state index in [2.05, 4.69) is 12.2 Å². The van der Waals surface area contributed by atoms with Crippen LogP contribution in [-0.2, 0) is 4.74 Å². The molecule has 18 heavy (non-hydrogen) atoms. The van der Waals surface area contributed by atoms with Crippen LogP contribution in [0, 0.1) is 0 Å². The molecular formula is C14H20ClNO2. The minimum absolute atomic E-state index is 0.0751. The smallest absolute Gasteiger partial charge is 0.0914 e. The monoisotopic (exact) mass is 269 g/mol. The molecule has 1 atom stereocenters. The molecule has 3 nitrogen and oxygen atoms in total. The number of ether oxygens (including phenoxy) is 1. The van der Waals surface area contributed by atoms with Crippen LogP contribution < -0.4 is 5.32 Å². The molecule has 100 valence electrons. The maximum absolute atomic E-state index is 10.1. The number of nitrogens with one attached hydrogen (secondary N) is 1. The van der Waals surface area contributed by atoms with Crippen molar-refractivity contribution >= 4 is 11.6 Å². The second-order valence-electron chi connectivity index (χ2n) is 5.12. The molecule has 0 aromatic heterocycles. The highest BCUT2D eigenvalue weighted by Gasteiger charge is 2.27. The minimum atomic E-state index is -0.498. The molecule has 0 aliphatic carbocycles. The van der Waals surface area contributed by atoms with E-state index in [0.29, 0.717) is 11.6 Å². The van der Waals surface area contributed by atoms with Crippen molar-refractivity contribution in [1.82, 2.24) is 5.32 Å². The van der Waals surface area contributed by atoms with E-state index in [1.54, 1.807) is 12.1 Å². The van der Waals surface area contributed by atoms with Crippen molar-refractivity contribution < 1.29 is 9.84 Å². The van der Waals surface area contributed by atoms with Gasteiger partial charge in [0.25, 0.3) is 0 Å². The molecule has 1 aromatic rings. The second-order valence-corrected chi connectivity index (χ2v) is 5.56. The van der Waals surface area contributed by atoms with Crippen LogP contribution in [0.15, 0.2) is 24.3 Å². The summed E-state index contributed by atoms with van der Waals surface area (Å²) in [6.45, 7) is 4.32. The number of hydrogen-bond donors (Lipinski definition) is 2. The molecule has 1 aromatic carbocycles. The van der Waals surface area contributed by atoms with E-state index in [1.165, 1.54) is 0 Å². The highest BCUT2D eigenvalue weighted by atomic mass is 35.5. The molecular weight excluding hydrogens is 250 g/mol. The molecule has 0 saturated carbocycles. The summed E-state index contributed by atoms with van der Waals surface area (Å²) in [7, 11) is 0. The number of hydrogen-bond acceptors (Lipinski definition) is 3. The Morgan fingerprint density at radius 3 is 2.56 bits per heavy atom. The highest BCUT2D eigenvalue weighted by molar-refractivity contribution is 6.30. The molecule has 4 heteroatoms. The van der Waals surface area contributed by atoms with Gasteiger partial charge in [0.05, 0.1) is 6.10 Å². The first-order chi connectivity index (χ1) is 8.59. The summed E-state index contributed by atoms with van der Waals surface area (Å²) in [6, 6.07) is 7.33. The first-order valence-electron chi connectivity index (χ1n) is 6.35. The number of rotatable bonds is 4. The van der Waals surface area contributed by atoms with Crippen LogP contribution in [0.2, 0.25) is 5.02 Å². The molecule has 1 aliphatic heterocycles. The predicted octanol–water partition coefficient (Wildman–Crippen LogP) is 2.53. The molecule has 1 aliphatic rings. The van der Waals surface area contributed by atoms with Gasteiger partial charge >= 0.3 is 0 Å². The maximum Gasteiger partial charge on any atom is 0.0914 e. The average molecular weight is 270 g/mol. The Morgan fingerprint density at radius 2 is 1.94 bits per heavy atom. The number of benzene rings is 1. The van der Waals surface area contributed by atoms with Crippen molar-refractivity contribution in [3.8, 4) is 0 Å². The Kier molecular flexibility index (Phi) is 4.62. The van der Waals surface area contributed by atoms with E-state index in [-0.39, 0.29) is 5.54 Å². The summed E-state index contributed by atoms with van der Waals surface area (Å²) >= 11 is 5.83. The molecule has 1 heterocycles. The van der Waals surface area contributed by atoms with E-state index in [0.717, 1.165) is 31.6 Å². The van der Waals surface area contributed by atoms with Gasteiger partial charge < -0.3 is 15.2 Å². The quantitative estimate of drug-likeness (QED) is 0.883. The first kappa shape index (κ1) is 13.8. The minimum Gasteiger partial charge on any atom is -0.387 e. The summed E-state index contributed by atoms with van der Waals surface area (Å²) in [5.74, 6) is 0. The van der Waals surface area contributed by atoms with Gasteiger partial charge in [0.1, 0.15) is 0 Å². The van der Waals surface area contributed by atoms with Crippen LogP contribution in [0.3, 0.4) is 0 Å². The zero-order valence-corrected chi connectivity index (χ0v) is 11.4. The van der Waals surface area contributed by atoms with Gasteiger partial charge in [0.15, 0.2) is 0 Å². The predicted molar refractivity (Wildman–Crippen MR) is 72.9 cm³/mol. The summed E-state index contributed by atoms with van der Waals surface area (Å²) in [5, 5.41) is 14.3. The van der Waals surface area contributed by atoms with Gasteiger partial charge in [0.2, 0.25) is 0 Å². The summed E-state index contributed by atoms with van der Waals surface area (Å²) < 4.78 is 5.35. The molecule has 2 rings (SSSR count). The highest BCUT2D eigenvalue weighted by Crippen LogP contribution is 2.21. The maximum atomic E-state index is 10.1. The van der Waals surface area contributed by atoms with Gasteiger partial charge in [-0.05, 0) is 37.5 Å². The van der Waals surface area contributed by atoms with Crippen LogP contribution in [0.1, 0.15) is 31.4 Å². The third-order valence-corrected chi connectivity index (χ3v) is 3.83. The van der Waals surface area contributed by atoms with E-state index in [9.17, 15) is 5.11 Å². The molecule has 2 N–H and O–H groups in total. The van der Waals surface area contributed by atoms with E-state index in [4.69, 9.17) is 16.3 Å². The lowest BCUT2D eigenvalue weighted by molar-refractivity contribution is 0.0388. The molecule has 0 amide bonds. The average Bonchev–Trinajstić information content (AvgIpc) is 2.38. The van der Waals surface area contributed by atoms with Crippen LogP contribution in [-0.4, -0.2) is 30.4 Å². The summed E-state index contributed by atoms with van der Waals surface area (Å²) in [5.41, 5.74) is 0.966. The van der Waals surface area contributed by atoms with Gasteiger partial charge in [-0.3, -0.25) is 0 Å². The Hall–Kier alpha value is -0.610. The Bertz CT molecular complexity index is 374. The molecule has 0 radical (unpaired) electrons. The lowest BCUT2D eigenvalue weighted by Crippen LogP contribution is -2.48. The SMILES string of the molecule is CC1(NCC(O)c2ccc(Cl)cc2)CCOCC1. The van der Waals surface area contributed by atoms with Crippen LogP contribution in [0.5, 0.6) is 0 Å². The number of aliphatic hydroxyl groups excluding tert-OH is 1. The second kappa shape index (κ2) is 6.02. The van der Waals surface area contributed by atoms with Crippen molar-refractivity contribution in [3.63, 3.8) is 0 Å². The zero-order chi connectivity index (χ0) is 13.0. The summed E-state index contributed by atoms with van der Waals surface area (Å²) in [6.07, 6.45) is 1.47. The van der Waals surface area contributed by atoms with Crippen molar-refractivity contribution in [3.05, 3.63) is 34.9 Å². The van der Waals surface area contributed by atoms with Crippen molar-refractivity contribution in [2.75, 3.05) is 19.8 Å². The van der Waals surface area contributed by atoms with Crippen LogP contribution in [0.25, 0.3) is 0 Å². The van der Waals surface area contributed by atoms with E-state index < -0.39 is 6.10 Å². The van der Waals surface area contributed by atoms with Gasteiger partial charge in [-0.2, -0.15) is 0 Å². The van der Waals surface area contributed by atoms with Gasteiger partial charge in [0, 0.05) is 30.3 Å². The number of halogens is 1. The van der Waals surface area contributed by atoms with Gasteiger partial charge in [-0.1, -0.05) is 23.7 Å². The largest absolute Gasteiger partial charge is 0.387 e. The molecule has 1 unspecified atom stereocenters. The Morgan fingerprint density at radius 1 is 1.33 bits per heavy atom. The lowest BCUT2D eigenvalue weighted by Gasteiger charge is -2.35. The van der Waals surface area contributed by atoms with Crippen LogP contribution in [0.4, 0.5) is 0 Å². The fraction of sp³-hybridized carbons (Fsp3) is 0.571. The molecule has 0 spiro atoms. The third-order valence-electron chi connectivity index (χ3n) is 3.57. The van der Waals surface area contributed by atoms with E-state index in [1.807, 2.05) is 12.1 Å². The van der Waals surface area contributed by atoms with Crippen molar-refractivity contribution in [2.24, 2.45) is 0 Å². The molecule has 0 bridgehead atoms. The number of aliphatic hydroxyl groups is 1. The van der Waals surface area contributed by atoms with Crippen molar-refractivity contribution in [1.29, 1.82) is 0 Å². The van der Waals surface area contributed by atoms with Crippen LogP contribution >= 0.6 is 11.6 Å². The standard InChI is InChI=1S/C14H20ClNO2/c1-14(6-8-18-9-7-14)16-10-13(17)11-2-4-12(15)5-3-11/h2-5,13,16-17H,6-10H2,1H3. The summed E-state index contributed by atoms with van der Waals surface area (Å²) in [4.78, 5) is 0. The van der Waals surface area contributed by atoms with Crippen molar-refractivity contribution in [2.45, 2.75) is 31.4 Å². The van der Waals surface area contributed by atoms with Gasteiger partial charge in [-0.15, -0.1) is 0 Å². The third kappa shape index (κ3) is 3.69. The fourth-order valence-corrected chi connectivity index (χ4v) is 2.27. The van der Waals surface area contributed by atoms with Gasteiger partial charge in [-0.25, -0.2) is 0 Å². The number of β-amino-alcohol motifs (C(OH)–C–C–N with tert-alkyl or cyclic N) is 1. The molecule has 1 fully saturated rings. The molecule has 1 saturated heterocycles. The lowest BCUT2D eigenvalue weighted by atomic mass is 9.92. The van der Waals surface area contributed by atoms with E-state index >= 15 is 0 Å². The zero-order valence-electron chi connectivity index (χ0n) is 10.7. The first-order valence-corrected chi connectivity index (χ1v) is 6.73.